The zero-order chi connectivity index (χ0) is 27.0. The van der Waals surface area contributed by atoms with E-state index in [-0.39, 0.29) is 17.3 Å². The Labute approximate surface area is 196 Å². The van der Waals surface area contributed by atoms with Gasteiger partial charge in [0.1, 0.15) is 17.9 Å². The number of nitro groups is 1. The van der Waals surface area contributed by atoms with Gasteiger partial charge < -0.3 is 25.6 Å². The SMILES string of the molecule is CC(=O)Nc1ccc(OC[C@](C)(O)C(=O)Nc2ccc([N+](=O)[O-])c(C(F)(F)F)c2)cc1.CC(=O)O. The monoisotopic (exact) mass is 501 g/mol. The van der Waals surface area contributed by atoms with Crippen molar-refractivity contribution in [2.45, 2.75) is 32.5 Å². The Balaban J connectivity index is 0.00000142. The minimum absolute atomic E-state index is 0.261. The van der Waals surface area contributed by atoms with Crippen LogP contribution < -0.4 is 15.4 Å². The Morgan fingerprint density at radius 1 is 1.03 bits per heavy atom. The van der Waals surface area contributed by atoms with Crippen LogP contribution in [0.25, 0.3) is 0 Å². The number of rotatable bonds is 7. The van der Waals surface area contributed by atoms with Crippen molar-refractivity contribution < 1.29 is 47.4 Å². The zero-order valence-electron chi connectivity index (χ0n) is 18.7. The van der Waals surface area contributed by atoms with Crippen molar-refractivity contribution in [3.8, 4) is 5.75 Å². The van der Waals surface area contributed by atoms with Gasteiger partial charge in [0.25, 0.3) is 17.6 Å². The highest BCUT2D eigenvalue weighted by atomic mass is 19.4. The normalized spacial score (nSPS) is 12.3. The smallest absolute Gasteiger partial charge is 0.423 e. The number of aliphatic hydroxyl groups is 1. The molecule has 0 aliphatic rings. The highest BCUT2D eigenvalue weighted by molar-refractivity contribution is 5.97. The standard InChI is InChI=1S/C19H18F3N3O6.C2H4O2/c1-11(26)23-12-3-6-14(7-4-12)31-10-18(2,28)17(27)24-13-5-8-16(25(29)30)15(9-13)19(20,21)22;1-2(3)4/h3-9,28H,10H2,1-2H3,(H,23,26)(H,24,27);1H3,(H,3,4)/t18-;/m0./s1. The summed E-state index contributed by atoms with van der Waals surface area (Å²) in [6.45, 7) is 2.96. The summed E-state index contributed by atoms with van der Waals surface area (Å²) in [6, 6.07) is 7.95. The molecule has 2 aromatic rings. The molecule has 0 aliphatic heterocycles. The predicted molar refractivity (Wildman–Crippen MR) is 117 cm³/mol. The van der Waals surface area contributed by atoms with Crippen molar-refractivity contribution in [3.63, 3.8) is 0 Å². The fourth-order valence-corrected chi connectivity index (χ4v) is 2.39. The minimum atomic E-state index is -5.02. The first-order chi connectivity index (χ1) is 16.0. The molecule has 1 atom stereocenters. The van der Waals surface area contributed by atoms with Crippen LogP contribution in [0.5, 0.6) is 5.75 Å². The lowest BCUT2D eigenvalue weighted by Gasteiger charge is -2.23. The largest absolute Gasteiger partial charge is 0.490 e. The van der Waals surface area contributed by atoms with E-state index in [1.165, 1.54) is 31.2 Å². The van der Waals surface area contributed by atoms with Crippen LogP contribution in [0.15, 0.2) is 42.5 Å². The van der Waals surface area contributed by atoms with Gasteiger partial charge in [-0.15, -0.1) is 0 Å². The number of nitrogens with one attached hydrogen (secondary N) is 2. The van der Waals surface area contributed by atoms with Crippen LogP contribution in [-0.2, 0) is 20.6 Å². The number of carbonyl (C=O) groups excluding carboxylic acids is 2. The molecule has 0 saturated heterocycles. The van der Waals surface area contributed by atoms with Crippen LogP contribution in [-0.4, -0.2) is 45.1 Å². The molecular weight excluding hydrogens is 479 g/mol. The molecule has 0 aliphatic carbocycles. The zero-order valence-corrected chi connectivity index (χ0v) is 18.7. The van der Waals surface area contributed by atoms with E-state index in [1.807, 2.05) is 0 Å². The fourth-order valence-electron chi connectivity index (χ4n) is 2.39. The number of nitrogens with zero attached hydrogens (tertiary/aromatic N) is 1. The van der Waals surface area contributed by atoms with Crippen molar-refractivity contribution in [2.75, 3.05) is 17.2 Å². The first kappa shape index (κ1) is 28.8. The number of aliphatic carboxylic acids is 1. The molecular formula is C21H22F3N3O8. The van der Waals surface area contributed by atoms with Crippen molar-refractivity contribution in [3.05, 3.63) is 58.1 Å². The lowest BCUT2D eigenvalue weighted by atomic mass is 10.1. The van der Waals surface area contributed by atoms with E-state index in [2.05, 4.69) is 10.6 Å². The van der Waals surface area contributed by atoms with E-state index in [9.17, 15) is 38.0 Å². The Morgan fingerprint density at radius 2 is 1.54 bits per heavy atom. The summed E-state index contributed by atoms with van der Waals surface area (Å²) in [4.78, 5) is 41.9. The van der Waals surface area contributed by atoms with Gasteiger partial charge in [0, 0.05) is 31.3 Å². The summed E-state index contributed by atoms with van der Waals surface area (Å²) < 4.78 is 44.5. The number of amides is 2. The molecule has 0 unspecified atom stereocenters. The molecule has 0 fully saturated rings. The molecule has 0 radical (unpaired) electrons. The Morgan fingerprint density at radius 3 is 2.00 bits per heavy atom. The molecule has 2 amide bonds. The van der Waals surface area contributed by atoms with Crippen LogP contribution in [0.2, 0.25) is 0 Å². The molecule has 0 aromatic heterocycles. The minimum Gasteiger partial charge on any atom is -0.490 e. The van der Waals surface area contributed by atoms with Crippen molar-refractivity contribution >= 4 is 34.8 Å². The molecule has 0 heterocycles. The summed E-state index contributed by atoms with van der Waals surface area (Å²) in [5.74, 6) is -1.92. The molecule has 2 rings (SSSR count). The Bertz CT molecular complexity index is 1080. The number of anilines is 2. The van der Waals surface area contributed by atoms with Crippen LogP contribution in [0, 0.1) is 10.1 Å². The number of carboxylic acids is 1. The average molecular weight is 501 g/mol. The molecule has 2 aromatic carbocycles. The quantitative estimate of drug-likeness (QED) is 0.330. The molecule has 14 heteroatoms. The highest BCUT2D eigenvalue weighted by Gasteiger charge is 2.39. The van der Waals surface area contributed by atoms with E-state index in [0.717, 1.165) is 19.9 Å². The number of hydrogen-bond acceptors (Lipinski definition) is 7. The van der Waals surface area contributed by atoms with Gasteiger partial charge in [-0.1, -0.05) is 0 Å². The highest BCUT2D eigenvalue weighted by Crippen LogP contribution is 2.37. The lowest BCUT2D eigenvalue weighted by molar-refractivity contribution is -0.388. The number of benzene rings is 2. The van der Waals surface area contributed by atoms with Crippen molar-refractivity contribution in [2.24, 2.45) is 0 Å². The van der Waals surface area contributed by atoms with Crippen LogP contribution >= 0.6 is 0 Å². The lowest BCUT2D eigenvalue weighted by Crippen LogP contribution is -2.45. The summed E-state index contributed by atoms with van der Waals surface area (Å²) in [6.07, 6.45) is -5.02. The average Bonchev–Trinajstić information content (AvgIpc) is 2.71. The second-order valence-corrected chi connectivity index (χ2v) is 7.23. The molecule has 11 nitrogen and oxygen atoms in total. The summed E-state index contributed by atoms with van der Waals surface area (Å²) >= 11 is 0. The first-order valence-electron chi connectivity index (χ1n) is 9.62. The van der Waals surface area contributed by atoms with Crippen LogP contribution in [0.1, 0.15) is 26.3 Å². The molecule has 0 saturated carbocycles. The maximum absolute atomic E-state index is 13.1. The third kappa shape index (κ3) is 9.67. The van der Waals surface area contributed by atoms with Gasteiger partial charge in [0.05, 0.1) is 4.92 Å². The van der Waals surface area contributed by atoms with Crippen LogP contribution in [0.3, 0.4) is 0 Å². The molecule has 4 N–H and O–H groups in total. The first-order valence-corrected chi connectivity index (χ1v) is 9.62. The summed E-state index contributed by atoms with van der Waals surface area (Å²) in [7, 11) is 0. The molecule has 190 valence electrons. The molecule has 0 spiro atoms. The van der Waals surface area contributed by atoms with Gasteiger partial charge in [-0.2, -0.15) is 13.2 Å². The number of halogens is 3. The number of ether oxygens (including phenoxy) is 1. The third-order valence-electron chi connectivity index (χ3n) is 3.94. The van der Waals surface area contributed by atoms with Gasteiger partial charge in [-0.05, 0) is 43.3 Å². The summed E-state index contributed by atoms with van der Waals surface area (Å²) in [5, 5.41) is 33.2. The van der Waals surface area contributed by atoms with E-state index in [1.54, 1.807) is 0 Å². The van der Waals surface area contributed by atoms with Gasteiger partial charge in [-0.3, -0.25) is 24.5 Å². The van der Waals surface area contributed by atoms with Crippen molar-refractivity contribution in [1.82, 2.24) is 0 Å². The van der Waals surface area contributed by atoms with E-state index >= 15 is 0 Å². The van der Waals surface area contributed by atoms with Crippen LogP contribution in [0.4, 0.5) is 30.2 Å². The van der Waals surface area contributed by atoms with E-state index in [4.69, 9.17) is 14.6 Å². The molecule has 35 heavy (non-hydrogen) atoms. The maximum atomic E-state index is 13.1. The van der Waals surface area contributed by atoms with Crippen molar-refractivity contribution in [1.29, 1.82) is 0 Å². The van der Waals surface area contributed by atoms with E-state index in [0.29, 0.717) is 17.8 Å². The van der Waals surface area contributed by atoms with E-state index < -0.39 is 46.4 Å². The van der Waals surface area contributed by atoms with Gasteiger partial charge >= 0.3 is 6.18 Å². The second kappa shape index (κ2) is 11.8. The number of carbonyl (C=O) groups is 3. The maximum Gasteiger partial charge on any atom is 0.423 e. The topological polar surface area (TPSA) is 168 Å². The Hall–Kier alpha value is -4.20. The molecule has 0 bridgehead atoms. The Kier molecular flexibility index (Phi) is 9.71. The second-order valence-electron chi connectivity index (χ2n) is 7.23. The third-order valence-corrected chi connectivity index (χ3v) is 3.94. The number of carboxylic acid groups (broad SMARTS) is 1. The number of alkyl halides is 3. The van der Waals surface area contributed by atoms with Gasteiger partial charge in [0.15, 0.2) is 5.60 Å². The number of hydrogen-bond donors (Lipinski definition) is 4. The summed E-state index contributed by atoms with van der Waals surface area (Å²) in [5.41, 5.74) is -4.73. The van der Waals surface area contributed by atoms with Gasteiger partial charge in [0.2, 0.25) is 5.91 Å². The van der Waals surface area contributed by atoms with Gasteiger partial charge in [-0.25, -0.2) is 0 Å². The fraction of sp³-hybridized carbons (Fsp3) is 0.286. The number of nitro benzene ring substituents is 1. The predicted octanol–water partition coefficient (Wildman–Crippen LogP) is 3.43.